The summed E-state index contributed by atoms with van der Waals surface area (Å²) in [4.78, 5) is 38.5. The smallest absolute Gasteiger partial charge is 0.334 e. The van der Waals surface area contributed by atoms with Crippen LogP contribution in [0.4, 0.5) is 0 Å². The molecule has 1 saturated heterocycles. The van der Waals surface area contributed by atoms with Crippen molar-refractivity contribution < 1.29 is 48.7 Å². The van der Waals surface area contributed by atoms with Gasteiger partial charge in [0.05, 0.1) is 22.5 Å². The first kappa shape index (κ1) is 29.0. The summed E-state index contributed by atoms with van der Waals surface area (Å²) in [6, 6.07) is 0. The molecule has 10 heteroatoms. The van der Waals surface area contributed by atoms with E-state index in [9.17, 15) is 29.7 Å². The Kier molecular flexibility index (Phi) is 6.33. The van der Waals surface area contributed by atoms with Gasteiger partial charge >= 0.3 is 11.9 Å². The predicted molar refractivity (Wildman–Crippen MR) is 143 cm³/mol. The molecule has 10 atom stereocenters. The first-order chi connectivity index (χ1) is 19.1. The zero-order chi connectivity index (χ0) is 29.8. The van der Waals surface area contributed by atoms with E-state index in [1.165, 1.54) is 13.8 Å². The van der Waals surface area contributed by atoms with Crippen molar-refractivity contribution in [2.75, 3.05) is 13.4 Å². The molecule has 2 aliphatic heterocycles. The Labute approximate surface area is 240 Å². The molecule has 0 unspecified atom stereocenters. The number of aliphatic hydroxyl groups is 3. The highest BCUT2D eigenvalue weighted by molar-refractivity contribution is 5.97. The Morgan fingerprint density at radius 2 is 1.90 bits per heavy atom. The second-order valence-corrected chi connectivity index (χ2v) is 13.8. The lowest BCUT2D eigenvalue weighted by Crippen LogP contribution is -2.77. The van der Waals surface area contributed by atoms with Gasteiger partial charge in [0, 0.05) is 18.9 Å². The van der Waals surface area contributed by atoms with Gasteiger partial charge in [0.15, 0.2) is 5.78 Å². The SMILES string of the molecule is CC(=O)OC[C@]12CC[C@H]3[C@@H](C[C@H]4OCO[C@]45CC=CC(=O)[C@]35C)[C@]1(O)CC[C@@]2(O)[C@@](C)(O)[C@H]1CC(C)=C(C)C(=O)O1. The highest BCUT2D eigenvalue weighted by Crippen LogP contribution is 2.72. The molecular formula is C31H42O10. The standard InChI is InChI=1S/C31H42O10/c1-17-13-23(41-25(34)18(17)2)27(5,35)31(37)12-11-29(36)21-14-24-30(40-16-39-24)9-6-7-22(33)26(30,4)20(21)8-10-28(29,31)15-38-19(3)32/h6-7,20-21,23-24,35-37H,8-16H2,1-5H3/t20-,21+,23+,24+,26-,27-,28+,29+,30+,31+/m0/s1. The average Bonchev–Trinajstić information content (AvgIpc) is 3.43. The van der Waals surface area contributed by atoms with Gasteiger partial charge in [-0.05, 0) is 84.1 Å². The quantitative estimate of drug-likeness (QED) is 0.427. The van der Waals surface area contributed by atoms with E-state index in [1.807, 2.05) is 13.0 Å². The van der Waals surface area contributed by atoms with E-state index in [2.05, 4.69) is 0 Å². The van der Waals surface area contributed by atoms with E-state index in [4.69, 9.17) is 18.9 Å². The number of esters is 2. The van der Waals surface area contributed by atoms with Crippen molar-refractivity contribution >= 4 is 17.7 Å². The molecule has 0 aromatic carbocycles. The normalized spacial score (nSPS) is 48.5. The van der Waals surface area contributed by atoms with Crippen LogP contribution in [0.5, 0.6) is 0 Å². The van der Waals surface area contributed by atoms with Crippen LogP contribution in [0, 0.1) is 22.7 Å². The first-order valence-electron chi connectivity index (χ1n) is 14.8. The molecule has 6 rings (SSSR count). The monoisotopic (exact) mass is 574 g/mol. The third kappa shape index (κ3) is 3.34. The molecule has 0 aromatic heterocycles. The Balaban J connectivity index is 1.46. The van der Waals surface area contributed by atoms with E-state index in [0.29, 0.717) is 24.8 Å². The first-order valence-corrected chi connectivity index (χ1v) is 14.8. The highest BCUT2D eigenvalue weighted by atomic mass is 16.7. The second-order valence-electron chi connectivity index (χ2n) is 13.8. The topological polar surface area (TPSA) is 149 Å². The molecule has 3 N–H and O–H groups in total. The molecule has 1 spiro atoms. The maximum absolute atomic E-state index is 13.7. The fourth-order valence-electron chi connectivity index (χ4n) is 9.93. The van der Waals surface area contributed by atoms with Crippen LogP contribution in [0.1, 0.15) is 79.6 Å². The molecule has 0 amide bonds. The number of cyclic esters (lactones) is 1. The number of fused-ring (bicyclic) bond motifs is 4. The maximum Gasteiger partial charge on any atom is 0.334 e. The summed E-state index contributed by atoms with van der Waals surface area (Å²) < 4.78 is 23.6. The number of allylic oxidation sites excluding steroid dienone is 1. The van der Waals surface area contributed by atoms with Crippen molar-refractivity contribution in [2.45, 2.75) is 114 Å². The number of carbonyl (C=O) groups is 3. The molecule has 0 radical (unpaired) electrons. The van der Waals surface area contributed by atoms with E-state index in [1.54, 1.807) is 19.9 Å². The molecule has 6 aliphatic rings. The van der Waals surface area contributed by atoms with Gasteiger partial charge in [-0.15, -0.1) is 0 Å². The fourth-order valence-corrected chi connectivity index (χ4v) is 9.93. The predicted octanol–water partition coefficient (Wildman–Crippen LogP) is 2.27. The summed E-state index contributed by atoms with van der Waals surface area (Å²) in [6.07, 6.45) is 3.70. The van der Waals surface area contributed by atoms with Gasteiger partial charge in [0.25, 0.3) is 0 Å². The largest absolute Gasteiger partial charge is 0.465 e. The zero-order valence-corrected chi connectivity index (χ0v) is 24.5. The van der Waals surface area contributed by atoms with Gasteiger partial charge in [-0.3, -0.25) is 9.59 Å². The van der Waals surface area contributed by atoms with Crippen molar-refractivity contribution in [3.05, 3.63) is 23.3 Å². The van der Waals surface area contributed by atoms with Crippen LogP contribution in [0.2, 0.25) is 0 Å². The third-order valence-electron chi connectivity index (χ3n) is 12.5. The van der Waals surface area contributed by atoms with Crippen LogP contribution in [0.25, 0.3) is 0 Å². The van der Waals surface area contributed by atoms with Crippen molar-refractivity contribution in [3.8, 4) is 0 Å². The van der Waals surface area contributed by atoms with E-state index in [-0.39, 0.29) is 50.8 Å². The Bertz CT molecular complexity index is 1250. The number of hydrogen-bond acceptors (Lipinski definition) is 10. The van der Waals surface area contributed by atoms with Crippen molar-refractivity contribution in [2.24, 2.45) is 22.7 Å². The van der Waals surface area contributed by atoms with E-state index < -0.39 is 63.3 Å². The summed E-state index contributed by atoms with van der Waals surface area (Å²) in [5, 5.41) is 37.9. The van der Waals surface area contributed by atoms with Crippen LogP contribution in [0.3, 0.4) is 0 Å². The minimum absolute atomic E-state index is 0.0193. The molecule has 2 heterocycles. The minimum Gasteiger partial charge on any atom is -0.465 e. The zero-order valence-electron chi connectivity index (χ0n) is 24.5. The number of hydrogen-bond donors (Lipinski definition) is 3. The molecule has 4 aliphatic carbocycles. The Morgan fingerprint density at radius 1 is 1.17 bits per heavy atom. The fraction of sp³-hybridized carbons (Fsp3) is 0.774. The summed E-state index contributed by atoms with van der Waals surface area (Å²) in [5.41, 5.74) is -7.74. The molecule has 41 heavy (non-hydrogen) atoms. The number of rotatable bonds is 4. The minimum atomic E-state index is -2.00. The van der Waals surface area contributed by atoms with Crippen LogP contribution >= 0.6 is 0 Å². The van der Waals surface area contributed by atoms with Gasteiger partial charge in [-0.1, -0.05) is 11.6 Å². The van der Waals surface area contributed by atoms with Gasteiger partial charge in [-0.2, -0.15) is 0 Å². The van der Waals surface area contributed by atoms with E-state index >= 15 is 0 Å². The highest BCUT2D eigenvalue weighted by Gasteiger charge is 2.81. The Hall–Kier alpha value is -2.11. The van der Waals surface area contributed by atoms with Gasteiger partial charge < -0.3 is 34.3 Å². The summed E-state index contributed by atoms with van der Waals surface area (Å²) in [5.74, 6) is -2.04. The van der Waals surface area contributed by atoms with E-state index in [0.717, 1.165) is 5.57 Å². The molecule has 10 nitrogen and oxygen atoms in total. The van der Waals surface area contributed by atoms with Crippen molar-refractivity contribution in [1.29, 1.82) is 0 Å². The second kappa shape index (κ2) is 8.95. The van der Waals surface area contributed by atoms with Gasteiger partial charge in [0.1, 0.15) is 36.3 Å². The molecular weight excluding hydrogens is 532 g/mol. The van der Waals surface area contributed by atoms with Crippen molar-refractivity contribution in [1.82, 2.24) is 0 Å². The molecule has 0 bridgehead atoms. The molecule has 226 valence electrons. The summed E-state index contributed by atoms with van der Waals surface area (Å²) in [6.45, 7) is 7.80. The van der Waals surface area contributed by atoms with Crippen LogP contribution in [-0.2, 0) is 33.3 Å². The van der Waals surface area contributed by atoms with Crippen LogP contribution in [0.15, 0.2) is 23.3 Å². The van der Waals surface area contributed by atoms with Crippen LogP contribution < -0.4 is 0 Å². The Morgan fingerprint density at radius 3 is 2.59 bits per heavy atom. The van der Waals surface area contributed by atoms with Crippen LogP contribution in [-0.4, -0.2) is 81.1 Å². The average molecular weight is 575 g/mol. The lowest BCUT2D eigenvalue weighted by atomic mass is 9.40. The molecule has 4 fully saturated rings. The molecule has 3 saturated carbocycles. The summed E-state index contributed by atoms with van der Waals surface area (Å²) >= 11 is 0. The lowest BCUT2D eigenvalue weighted by Gasteiger charge is -2.66. The van der Waals surface area contributed by atoms with Gasteiger partial charge in [0.2, 0.25) is 0 Å². The molecule has 0 aromatic rings. The number of ketones is 1. The maximum atomic E-state index is 13.7. The van der Waals surface area contributed by atoms with Gasteiger partial charge in [-0.25, -0.2) is 4.79 Å². The van der Waals surface area contributed by atoms with Crippen molar-refractivity contribution in [3.63, 3.8) is 0 Å². The summed E-state index contributed by atoms with van der Waals surface area (Å²) in [7, 11) is 0. The lowest BCUT2D eigenvalue weighted by molar-refractivity contribution is -0.306. The third-order valence-corrected chi connectivity index (χ3v) is 12.5. The number of carbonyl (C=O) groups excluding carboxylic acids is 3. The number of ether oxygens (including phenoxy) is 4.